The maximum absolute atomic E-state index is 13.0. The Morgan fingerprint density at radius 1 is 1.00 bits per heavy atom. The van der Waals surface area contributed by atoms with E-state index in [1.54, 1.807) is 0 Å². The molecular weight excluding hydrogens is 396 g/mol. The van der Waals surface area contributed by atoms with Gasteiger partial charge in [-0.25, -0.2) is 0 Å². The van der Waals surface area contributed by atoms with Gasteiger partial charge in [-0.05, 0) is 59.2 Å². The third kappa shape index (κ3) is 4.61. The first-order valence-corrected chi connectivity index (χ1v) is 11.1. The zero-order valence-electron chi connectivity index (χ0n) is 18.9. The van der Waals surface area contributed by atoms with Gasteiger partial charge in [0.2, 0.25) is 0 Å². The van der Waals surface area contributed by atoms with Crippen LogP contribution in [0.5, 0.6) is 0 Å². The van der Waals surface area contributed by atoms with Gasteiger partial charge in [-0.1, -0.05) is 68.4 Å². The molecule has 0 saturated heterocycles. The number of hydrogen-bond donors (Lipinski definition) is 3. The maximum Gasteiger partial charge on any atom is 0.251 e. The molecule has 1 heterocycles. The Hall–Kier alpha value is -3.37. The lowest BCUT2D eigenvalue weighted by atomic mass is 9.95. The van der Waals surface area contributed by atoms with E-state index in [4.69, 9.17) is 0 Å². The summed E-state index contributed by atoms with van der Waals surface area (Å²) in [6, 6.07) is 22.2. The molecule has 4 aromatic rings. The molecule has 1 aromatic heterocycles. The second-order valence-corrected chi connectivity index (χ2v) is 8.73. The molecule has 3 aromatic carbocycles. The molecule has 0 aliphatic heterocycles. The lowest BCUT2D eigenvalue weighted by molar-refractivity contribution is 0.0916. The van der Waals surface area contributed by atoms with E-state index in [1.165, 1.54) is 5.56 Å². The number of para-hydroxylation sites is 1. The minimum absolute atomic E-state index is 0.121. The third-order valence-electron chi connectivity index (χ3n) is 6.05. The van der Waals surface area contributed by atoms with E-state index in [1.807, 2.05) is 43.5 Å². The van der Waals surface area contributed by atoms with Gasteiger partial charge in [0.1, 0.15) is 0 Å². The van der Waals surface area contributed by atoms with Crippen LogP contribution in [0, 0.1) is 6.92 Å². The van der Waals surface area contributed by atoms with Gasteiger partial charge >= 0.3 is 0 Å². The molecule has 0 spiro atoms. The molecule has 0 radical (unpaired) electrons. The Bertz CT molecular complexity index is 1240. The van der Waals surface area contributed by atoms with Gasteiger partial charge < -0.3 is 15.4 Å². The molecule has 4 rings (SSSR count). The Morgan fingerprint density at radius 2 is 1.78 bits per heavy atom. The highest BCUT2D eigenvalue weighted by molar-refractivity contribution is 5.96. The highest BCUT2D eigenvalue weighted by atomic mass is 16.3. The zero-order chi connectivity index (χ0) is 22.7. The maximum atomic E-state index is 13.0. The number of fused-ring (bicyclic) bond motifs is 1. The second kappa shape index (κ2) is 9.41. The molecule has 0 aliphatic rings. The van der Waals surface area contributed by atoms with E-state index >= 15 is 0 Å². The van der Waals surface area contributed by atoms with Crippen LogP contribution in [0.4, 0.5) is 0 Å². The summed E-state index contributed by atoms with van der Waals surface area (Å²) < 4.78 is 0. The molecule has 4 heteroatoms. The van der Waals surface area contributed by atoms with Crippen molar-refractivity contribution in [2.45, 2.75) is 39.2 Å². The molecule has 4 nitrogen and oxygen atoms in total. The van der Waals surface area contributed by atoms with Crippen LogP contribution in [-0.2, 0) is 6.42 Å². The first-order chi connectivity index (χ1) is 15.5. The number of rotatable bonds is 7. The van der Waals surface area contributed by atoms with E-state index in [9.17, 15) is 9.90 Å². The topological polar surface area (TPSA) is 65.1 Å². The Morgan fingerprint density at radius 3 is 2.53 bits per heavy atom. The normalized spacial score (nSPS) is 12.3. The molecule has 0 fully saturated rings. The average Bonchev–Trinajstić information content (AvgIpc) is 3.21. The predicted molar refractivity (Wildman–Crippen MR) is 131 cm³/mol. The van der Waals surface area contributed by atoms with Crippen molar-refractivity contribution in [3.63, 3.8) is 0 Å². The molecular formula is C28H30N2O2. The first-order valence-electron chi connectivity index (χ1n) is 11.1. The summed E-state index contributed by atoms with van der Waals surface area (Å²) in [6.45, 7) is 6.21. The molecule has 0 saturated carbocycles. The summed E-state index contributed by atoms with van der Waals surface area (Å²) in [5, 5.41) is 14.0. The molecule has 164 valence electrons. The van der Waals surface area contributed by atoms with Crippen molar-refractivity contribution in [2.24, 2.45) is 0 Å². The van der Waals surface area contributed by atoms with Crippen LogP contribution in [-0.4, -0.2) is 28.6 Å². The Kier molecular flexibility index (Phi) is 6.42. The standard InChI is InChI=1S/C28H30N2O2/c1-18(2)20-7-6-8-21(14-20)22-11-12-25(19(3)13-22)28(32)30-24(17-31)15-23-16-29-27-10-5-4-9-26(23)27/h4-14,16,18,24,29,31H,15,17H2,1-3H3,(H,30,32)/t24-/m1/s1. The van der Waals surface area contributed by atoms with Crippen LogP contribution in [0.2, 0.25) is 0 Å². The number of hydrogen-bond acceptors (Lipinski definition) is 2. The lowest BCUT2D eigenvalue weighted by Gasteiger charge is -2.17. The smallest absolute Gasteiger partial charge is 0.251 e. The molecule has 0 aliphatic carbocycles. The van der Waals surface area contributed by atoms with E-state index in [2.05, 4.69) is 60.5 Å². The summed E-state index contributed by atoms with van der Waals surface area (Å²) in [5.41, 5.74) is 7.23. The van der Waals surface area contributed by atoms with E-state index < -0.39 is 0 Å². The van der Waals surface area contributed by atoms with E-state index in [0.29, 0.717) is 17.9 Å². The molecule has 1 amide bonds. The van der Waals surface area contributed by atoms with Crippen molar-refractivity contribution in [3.8, 4) is 11.1 Å². The van der Waals surface area contributed by atoms with Gasteiger partial charge in [-0.3, -0.25) is 4.79 Å². The monoisotopic (exact) mass is 426 g/mol. The SMILES string of the molecule is Cc1cc(-c2cccc(C(C)C)c2)ccc1C(=O)N[C@@H](CO)Cc1c[nH]c2ccccc12. The van der Waals surface area contributed by atoms with Crippen LogP contribution >= 0.6 is 0 Å². The minimum Gasteiger partial charge on any atom is -0.394 e. The number of aliphatic hydroxyl groups is 1. The van der Waals surface area contributed by atoms with Gasteiger partial charge in [0.05, 0.1) is 12.6 Å². The Labute approximate surface area is 189 Å². The number of benzene rings is 3. The molecule has 0 bridgehead atoms. The first kappa shape index (κ1) is 21.8. The summed E-state index contributed by atoms with van der Waals surface area (Å²) in [4.78, 5) is 16.2. The van der Waals surface area contributed by atoms with E-state index in [-0.39, 0.29) is 18.6 Å². The number of aromatic nitrogens is 1. The highest BCUT2D eigenvalue weighted by Gasteiger charge is 2.17. The van der Waals surface area contributed by atoms with Gasteiger partial charge in [-0.15, -0.1) is 0 Å². The minimum atomic E-state index is -0.358. The summed E-state index contributed by atoms with van der Waals surface area (Å²) in [7, 11) is 0. The number of amides is 1. The molecule has 32 heavy (non-hydrogen) atoms. The van der Waals surface area contributed by atoms with Crippen molar-refractivity contribution in [1.29, 1.82) is 0 Å². The largest absolute Gasteiger partial charge is 0.394 e. The number of carbonyl (C=O) groups excluding carboxylic acids is 1. The van der Waals surface area contributed by atoms with Crippen LogP contribution in [0.1, 0.15) is 46.8 Å². The number of H-pyrrole nitrogens is 1. The number of carbonyl (C=O) groups is 1. The van der Waals surface area contributed by atoms with Crippen molar-refractivity contribution in [1.82, 2.24) is 10.3 Å². The van der Waals surface area contributed by atoms with Crippen LogP contribution in [0.25, 0.3) is 22.0 Å². The average molecular weight is 427 g/mol. The van der Waals surface area contributed by atoms with Gasteiger partial charge in [0, 0.05) is 22.7 Å². The van der Waals surface area contributed by atoms with Crippen LogP contribution < -0.4 is 5.32 Å². The van der Waals surface area contributed by atoms with Gasteiger partial charge in [0.25, 0.3) is 5.91 Å². The Balaban J connectivity index is 1.50. The van der Waals surface area contributed by atoms with Crippen LogP contribution in [0.15, 0.2) is 72.9 Å². The molecule has 0 unspecified atom stereocenters. The zero-order valence-corrected chi connectivity index (χ0v) is 18.9. The van der Waals surface area contributed by atoms with Gasteiger partial charge in [0.15, 0.2) is 0 Å². The highest BCUT2D eigenvalue weighted by Crippen LogP contribution is 2.26. The molecule has 3 N–H and O–H groups in total. The number of aliphatic hydroxyl groups excluding tert-OH is 1. The number of nitrogens with one attached hydrogen (secondary N) is 2. The van der Waals surface area contributed by atoms with Gasteiger partial charge in [-0.2, -0.15) is 0 Å². The van der Waals surface area contributed by atoms with Crippen molar-refractivity contribution in [2.75, 3.05) is 6.61 Å². The number of aromatic amines is 1. The summed E-state index contributed by atoms with van der Waals surface area (Å²) >= 11 is 0. The fourth-order valence-corrected chi connectivity index (χ4v) is 4.17. The quantitative estimate of drug-likeness (QED) is 0.360. The van der Waals surface area contributed by atoms with Crippen molar-refractivity contribution >= 4 is 16.8 Å². The second-order valence-electron chi connectivity index (χ2n) is 8.73. The fourth-order valence-electron chi connectivity index (χ4n) is 4.17. The van der Waals surface area contributed by atoms with Crippen molar-refractivity contribution < 1.29 is 9.90 Å². The fraction of sp³-hybridized carbons (Fsp3) is 0.250. The third-order valence-corrected chi connectivity index (χ3v) is 6.05. The number of aryl methyl sites for hydroxylation is 1. The van der Waals surface area contributed by atoms with E-state index in [0.717, 1.165) is 33.2 Å². The molecule has 1 atom stereocenters. The van der Waals surface area contributed by atoms with Crippen LogP contribution in [0.3, 0.4) is 0 Å². The predicted octanol–water partition coefficient (Wildman–Crippen LogP) is 5.60. The van der Waals surface area contributed by atoms with Crippen molar-refractivity contribution in [3.05, 3.63) is 95.2 Å². The summed E-state index contributed by atoms with van der Waals surface area (Å²) in [5.74, 6) is 0.303. The lowest BCUT2D eigenvalue weighted by Crippen LogP contribution is -2.39. The summed E-state index contributed by atoms with van der Waals surface area (Å²) in [6.07, 6.45) is 2.51.